The molecule has 0 bridgehead atoms. The van der Waals surface area contributed by atoms with Gasteiger partial charge < -0.3 is 19.7 Å². The van der Waals surface area contributed by atoms with Crippen molar-refractivity contribution in [2.75, 3.05) is 30.3 Å². The molecular weight excluding hydrogens is 427 g/mol. The van der Waals surface area contributed by atoms with Crippen molar-refractivity contribution in [2.45, 2.75) is 45.1 Å². The van der Waals surface area contributed by atoms with E-state index in [4.69, 9.17) is 9.47 Å². The van der Waals surface area contributed by atoms with Crippen LogP contribution in [0.4, 0.5) is 14.9 Å². The van der Waals surface area contributed by atoms with Crippen LogP contribution in [-0.2, 0) is 19.1 Å². The van der Waals surface area contributed by atoms with Crippen molar-refractivity contribution in [2.24, 2.45) is 5.92 Å². The molecule has 10 heteroatoms. The fraction of sp³-hybridized carbons (Fsp3) is 0.524. The predicted octanol–water partition coefficient (Wildman–Crippen LogP) is 3.17. The Hall–Kier alpha value is -2.62. The molecule has 0 aliphatic carbocycles. The van der Waals surface area contributed by atoms with Crippen LogP contribution in [0.25, 0.3) is 0 Å². The number of hydrogen-bond acceptors (Lipinski definition) is 7. The van der Waals surface area contributed by atoms with Crippen LogP contribution >= 0.6 is 11.8 Å². The van der Waals surface area contributed by atoms with Gasteiger partial charge in [-0.3, -0.25) is 14.4 Å². The SMILES string of the molecule is CCOC(=O)C1C(=O)c2c(SCCNC(=O)OC(C)(C)C)ccc(F)c2N(CC)C1=O. The summed E-state index contributed by atoms with van der Waals surface area (Å²) in [7, 11) is 0. The minimum absolute atomic E-state index is 0.00989. The lowest BCUT2D eigenvalue weighted by Crippen LogP contribution is -2.49. The molecule has 1 unspecified atom stereocenters. The first-order valence-corrected chi connectivity index (χ1v) is 10.9. The first-order valence-electron chi connectivity index (χ1n) is 9.96. The lowest BCUT2D eigenvalue weighted by atomic mass is 9.89. The molecule has 0 saturated heterocycles. The first-order chi connectivity index (χ1) is 14.5. The zero-order valence-electron chi connectivity index (χ0n) is 18.2. The van der Waals surface area contributed by atoms with Gasteiger partial charge in [0.2, 0.25) is 5.91 Å². The monoisotopic (exact) mass is 454 g/mol. The Kier molecular flexibility index (Phi) is 8.05. The smallest absolute Gasteiger partial charge is 0.407 e. The van der Waals surface area contributed by atoms with E-state index in [1.165, 1.54) is 23.9 Å². The molecule has 0 fully saturated rings. The number of thioether (sulfide) groups is 1. The van der Waals surface area contributed by atoms with E-state index >= 15 is 0 Å². The topological polar surface area (TPSA) is 102 Å². The third-order valence-corrected chi connectivity index (χ3v) is 5.31. The third kappa shape index (κ3) is 5.75. The van der Waals surface area contributed by atoms with E-state index in [9.17, 15) is 23.6 Å². The van der Waals surface area contributed by atoms with Crippen LogP contribution in [0.15, 0.2) is 17.0 Å². The first kappa shape index (κ1) is 24.6. The van der Waals surface area contributed by atoms with E-state index < -0.39 is 41.1 Å². The molecule has 8 nitrogen and oxygen atoms in total. The number of carbonyl (C=O) groups is 4. The van der Waals surface area contributed by atoms with Crippen molar-refractivity contribution in [3.63, 3.8) is 0 Å². The molecule has 0 spiro atoms. The van der Waals surface area contributed by atoms with Crippen molar-refractivity contribution in [3.05, 3.63) is 23.5 Å². The van der Waals surface area contributed by atoms with Gasteiger partial charge in [0.15, 0.2) is 11.7 Å². The Morgan fingerprint density at radius 2 is 1.90 bits per heavy atom. The Balaban J connectivity index is 2.26. The zero-order valence-corrected chi connectivity index (χ0v) is 19.1. The number of rotatable bonds is 7. The molecule has 2 rings (SSSR count). The Morgan fingerprint density at radius 1 is 1.23 bits per heavy atom. The molecule has 1 aromatic rings. The fourth-order valence-corrected chi connectivity index (χ4v) is 4.00. The molecule has 0 saturated carbocycles. The highest BCUT2D eigenvalue weighted by atomic mass is 32.2. The molecule has 2 amide bonds. The minimum atomic E-state index is -1.66. The molecule has 1 aliphatic rings. The number of nitrogens with zero attached hydrogens (tertiary/aromatic N) is 1. The van der Waals surface area contributed by atoms with Gasteiger partial charge in [-0.2, -0.15) is 0 Å². The normalized spacial score (nSPS) is 16.1. The molecule has 0 radical (unpaired) electrons. The summed E-state index contributed by atoms with van der Waals surface area (Å²) in [5.41, 5.74) is -0.789. The Labute approximate surface area is 184 Å². The summed E-state index contributed by atoms with van der Waals surface area (Å²) in [5.74, 6) is -4.57. The fourth-order valence-electron chi connectivity index (χ4n) is 3.07. The summed E-state index contributed by atoms with van der Waals surface area (Å²) in [4.78, 5) is 51.3. The number of hydrogen-bond donors (Lipinski definition) is 1. The second kappa shape index (κ2) is 10.1. The number of ketones is 1. The van der Waals surface area contributed by atoms with Crippen LogP contribution in [0.1, 0.15) is 45.0 Å². The van der Waals surface area contributed by atoms with Crippen molar-refractivity contribution < 1.29 is 33.0 Å². The van der Waals surface area contributed by atoms with Crippen LogP contribution in [0.5, 0.6) is 0 Å². The molecule has 1 heterocycles. The van der Waals surface area contributed by atoms with Crippen LogP contribution in [0, 0.1) is 11.7 Å². The van der Waals surface area contributed by atoms with E-state index in [1.54, 1.807) is 34.6 Å². The molecular formula is C21H27FN2O6S. The summed E-state index contributed by atoms with van der Waals surface area (Å²) in [5, 5.41) is 2.60. The number of halogens is 1. The van der Waals surface area contributed by atoms with Gasteiger partial charge in [0.25, 0.3) is 0 Å². The molecule has 170 valence electrons. The standard InChI is InChI=1S/C21H27FN2O6S/c1-6-24-16-12(22)8-9-13(31-11-10-23-20(28)30-21(3,4)5)14(16)17(25)15(18(24)26)19(27)29-7-2/h8-9,15H,6-7,10-11H2,1-5H3,(H,23,28). The van der Waals surface area contributed by atoms with Gasteiger partial charge >= 0.3 is 12.1 Å². The molecule has 1 N–H and O–H groups in total. The van der Waals surface area contributed by atoms with E-state index in [0.717, 1.165) is 4.90 Å². The van der Waals surface area contributed by atoms with Gasteiger partial charge in [-0.05, 0) is 46.8 Å². The second-order valence-electron chi connectivity index (χ2n) is 7.68. The van der Waals surface area contributed by atoms with E-state index in [0.29, 0.717) is 10.6 Å². The Morgan fingerprint density at radius 3 is 2.48 bits per heavy atom. The number of anilines is 1. The van der Waals surface area contributed by atoms with Crippen molar-refractivity contribution in [1.29, 1.82) is 0 Å². The number of fused-ring (bicyclic) bond motifs is 1. The Bertz CT molecular complexity index is 883. The van der Waals surface area contributed by atoms with Crippen molar-refractivity contribution >= 4 is 41.2 Å². The average molecular weight is 455 g/mol. The summed E-state index contributed by atoms with van der Waals surface area (Å²) >= 11 is 1.20. The van der Waals surface area contributed by atoms with E-state index in [-0.39, 0.29) is 30.9 Å². The highest BCUT2D eigenvalue weighted by Crippen LogP contribution is 2.39. The lowest BCUT2D eigenvalue weighted by Gasteiger charge is -2.32. The van der Waals surface area contributed by atoms with Gasteiger partial charge in [0.1, 0.15) is 11.4 Å². The van der Waals surface area contributed by atoms with Gasteiger partial charge in [0.05, 0.1) is 17.9 Å². The number of benzene rings is 1. The largest absolute Gasteiger partial charge is 0.465 e. The second-order valence-corrected chi connectivity index (χ2v) is 8.81. The number of amides is 2. The highest BCUT2D eigenvalue weighted by molar-refractivity contribution is 7.99. The average Bonchev–Trinajstić information content (AvgIpc) is 2.66. The van der Waals surface area contributed by atoms with E-state index in [2.05, 4.69) is 5.32 Å². The van der Waals surface area contributed by atoms with Crippen LogP contribution in [0.3, 0.4) is 0 Å². The lowest BCUT2D eigenvalue weighted by molar-refractivity contribution is -0.149. The molecule has 1 atom stereocenters. The molecule has 1 aromatic carbocycles. The summed E-state index contributed by atoms with van der Waals surface area (Å²) in [6.07, 6.45) is -0.574. The number of esters is 1. The van der Waals surface area contributed by atoms with Gasteiger partial charge in [0, 0.05) is 23.7 Å². The maximum Gasteiger partial charge on any atom is 0.407 e. The zero-order chi connectivity index (χ0) is 23.3. The number of Topliss-reactive ketones (excluding diaryl/α,β-unsaturated/α-hetero) is 1. The van der Waals surface area contributed by atoms with Crippen molar-refractivity contribution in [3.8, 4) is 0 Å². The van der Waals surface area contributed by atoms with Gasteiger partial charge in [-0.15, -0.1) is 11.8 Å². The number of alkyl carbamates (subject to hydrolysis) is 1. The summed E-state index contributed by atoms with van der Waals surface area (Å²) < 4.78 is 24.7. The molecule has 31 heavy (non-hydrogen) atoms. The molecule has 0 aromatic heterocycles. The van der Waals surface area contributed by atoms with Crippen molar-refractivity contribution in [1.82, 2.24) is 5.32 Å². The quantitative estimate of drug-likeness (QED) is 0.292. The van der Waals surface area contributed by atoms with Gasteiger partial charge in [-0.25, -0.2) is 9.18 Å². The van der Waals surface area contributed by atoms with E-state index in [1.807, 2.05) is 0 Å². The van der Waals surface area contributed by atoms with Crippen LogP contribution in [-0.4, -0.2) is 54.8 Å². The summed E-state index contributed by atoms with van der Waals surface area (Å²) in [6, 6.07) is 2.60. The van der Waals surface area contributed by atoms with Gasteiger partial charge in [-0.1, -0.05) is 0 Å². The summed E-state index contributed by atoms with van der Waals surface area (Å²) in [6.45, 7) is 8.77. The highest BCUT2D eigenvalue weighted by Gasteiger charge is 2.46. The number of nitrogens with one attached hydrogen (secondary N) is 1. The van der Waals surface area contributed by atoms with Crippen LogP contribution < -0.4 is 10.2 Å². The van der Waals surface area contributed by atoms with Crippen LogP contribution in [0.2, 0.25) is 0 Å². The minimum Gasteiger partial charge on any atom is -0.465 e. The third-order valence-electron chi connectivity index (χ3n) is 4.25. The number of ether oxygens (including phenoxy) is 2. The molecule has 1 aliphatic heterocycles. The predicted molar refractivity (Wildman–Crippen MR) is 114 cm³/mol. The number of carbonyl (C=O) groups excluding carboxylic acids is 4. The maximum absolute atomic E-state index is 14.6. The maximum atomic E-state index is 14.6.